The van der Waals surface area contributed by atoms with Gasteiger partial charge in [-0.2, -0.15) is 0 Å². The van der Waals surface area contributed by atoms with Gasteiger partial charge in [0.1, 0.15) is 22.3 Å². The fourth-order valence-electron chi connectivity index (χ4n) is 5.79. The van der Waals surface area contributed by atoms with Crippen LogP contribution in [0.3, 0.4) is 0 Å². The van der Waals surface area contributed by atoms with Crippen molar-refractivity contribution in [3.05, 3.63) is 114 Å². The zero-order valence-electron chi connectivity index (χ0n) is 19.4. The molecule has 0 aliphatic carbocycles. The number of fused-ring (bicyclic) bond motifs is 10. The van der Waals surface area contributed by atoms with Crippen molar-refractivity contribution in [1.29, 1.82) is 0 Å². The molecule has 0 radical (unpaired) electrons. The van der Waals surface area contributed by atoms with Crippen LogP contribution in [-0.2, 0) is 6.42 Å². The van der Waals surface area contributed by atoms with Crippen molar-refractivity contribution in [2.24, 2.45) is 0 Å². The lowest BCUT2D eigenvalue weighted by Crippen LogP contribution is -1.89. The minimum absolute atomic E-state index is 0.748. The Morgan fingerprint density at radius 3 is 2.22 bits per heavy atom. The molecule has 0 fully saturated rings. The first kappa shape index (κ1) is 19.5. The average molecular weight is 464 g/mol. The number of anilines is 1. The van der Waals surface area contributed by atoms with Gasteiger partial charge in [-0.15, -0.1) is 0 Å². The Morgan fingerprint density at radius 2 is 1.31 bits per heavy atom. The summed E-state index contributed by atoms with van der Waals surface area (Å²) in [5.41, 5.74) is 13.2. The Morgan fingerprint density at radius 1 is 0.528 bits per heavy atom. The topological polar surface area (TPSA) is 52.3 Å². The van der Waals surface area contributed by atoms with E-state index in [4.69, 9.17) is 14.6 Å². The number of para-hydroxylation sites is 1. The Balaban J connectivity index is 1.33. The lowest BCUT2D eigenvalue weighted by Gasteiger charge is -2.04. The van der Waals surface area contributed by atoms with Gasteiger partial charge in [0.05, 0.1) is 5.39 Å². The molecule has 0 saturated carbocycles. The van der Waals surface area contributed by atoms with E-state index in [0.717, 1.165) is 66.9 Å². The maximum Gasteiger partial charge on any atom is 0.145 e. The van der Waals surface area contributed by atoms with E-state index in [0.29, 0.717) is 0 Å². The zero-order chi connectivity index (χ0) is 23.8. The molecule has 0 spiro atoms. The van der Waals surface area contributed by atoms with Crippen LogP contribution in [0.5, 0.6) is 0 Å². The average Bonchev–Trinajstić information content (AvgIpc) is 3.49. The molecule has 2 heterocycles. The van der Waals surface area contributed by atoms with Crippen LogP contribution in [-0.4, -0.2) is 0 Å². The van der Waals surface area contributed by atoms with Gasteiger partial charge in [-0.05, 0) is 51.6 Å². The molecular formula is C33H21NO2. The van der Waals surface area contributed by atoms with Crippen molar-refractivity contribution in [3.8, 4) is 0 Å². The van der Waals surface area contributed by atoms with E-state index < -0.39 is 0 Å². The summed E-state index contributed by atoms with van der Waals surface area (Å²) in [6, 6.07) is 35.8. The van der Waals surface area contributed by atoms with Gasteiger partial charge >= 0.3 is 0 Å². The molecule has 170 valence electrons. The lowest BCUT2D eigenvalue weighted by molar-refractivity contribution is 0.667. The number of hydrogen-bond donors (Lipinski definition) is 1. The second-order valence-electron chi connectivity index (χ2n) is 9.56. The summed E-state index contributed by atoms with van der Waals surface area (Å²) in [4.78, 5) is 0. The molecule has 2 aromatic heterocycles. The van der Waals surface area contributed by atoms with Crippen molar-refractivity contribution in [2.75, 3.05) is 5.73 Å². The molecule has 3 nitrogen and oxygen atoms in total. The van der Waals surface area contributed by atoms with E-state index in [2.05, 4.69) is 84.9 Å². The lowest BCUT2D eigenvalue weighted by atomic mass is 9.98. The summed E-state index contributed by atoms with van der Waals surface area (Å²) in [6.07, 6.45) is 0.752. The van der Waals surface area contributed by atoms with Gasteiger partial charge < -0.3 is 14.6 Å². The van der Waals surface area contributed by atoms with Gasteiger partial charge in [0, 0.05) is 33.7 Å². The molecule has 0 bridgehead atoms. The highest BCUT2D eigenvalue weighted by atomic mass is 16.3. The molecule has 0 amide bonds. The van der Waals surface area contributed by atoms with Crippen LogP contribution in [0.2, 0.25) is 0 Å². The first-order chi connectivity index (χ1) is 17.7. The molecular weight excluding hydrogens is 442 g/mol. The van der Waals surface area contributed by atoms with Gasteiger partial charge in [-0.1, -0.05) is 78.9 Å². The van der Waals surface area contributed by atoms with Gasteiger partial charge in [0.15, 0.2) is 0 Å². The summed E-state index contributed by atoms with van der Waals surface area (Å²) >= 11 is 0. The number of benzene rings is 6. The largest absolute Gasteiger partial charge is 0.456 e. The molecule has 0 saturated heterocycles. The summed E-state index contributed by atoms with van der Waals surface area (Å²) in [5.74, 6) is 0. The van der Waals surface area contributed by atoms with E-state index in [-0.39, 0.29) is 0 Å². The number of rotatable bonds is 2. The highest BCUT2D eigenvalue weighted by Gasteiger charge is 2.17. The molecule has 0 aliphatic rings. The van der Waals surface area contributed by atoms with Crippen LogP contribution in [0, 0.1) is 0 Å². The van der Waals surface area contributed by atoms with E-state index >= 15 is 0 Å². The van der Waals surface area contributed by atoms with E-state index in [1.165, 1.54) is 21.7 Å². The highest BCUT2D eigenvalue weighted by molar-refractivity contribution is 6.21. The Labute approximate surface area is 206 Å². The maximum absolute atomic E-state index is 6.55. The SMILES string of the molecule is Nc1cc2ccccc2c2oc3c(Cc4ccc5oc6ccc7ccccc7c6c5c4)cccc3c12. The van der Waals surface area contributed by atoms with Crippen molar-refractivity contribution in [3.63, 3.8) is 0 Å². The summed E-state index contributed by atoms with van der Waals surface area (Å²) in [6.45, 7) is 0. The molecule has 3 heteroatoms. The summed E-state index contributed by atoms with van der Waals surface area (Å²) in [7, 11) is 0. The van der Waals surface area contributed by atoms with Gasteiger partial charge in [-0.25, -0.2) is 0 Å². The summed E-state index contributed by atoms with van der Waals surface area (Å²) in [5, 5.41) is 8.98. The predicted octanol–water partition coefficient (Wildman–Crippen LogP) is 8.96. The van der Waals surface area contributed by atoms with Crippen LogP contribution in [0.25, 0.3) is 65.4 Å². The van der Waals surface area contributed by atoms with Crippen molar-refractivity contribution in [1.82, 2.24) is 0 Å². The maximum atomic E-state index is 6.55. The second-order valence-corrected chi connectivity index (χ2v) is 9.56. The normalized spacial score (nSPS) is 12.1. The first-order valence-corrected chi connectivity index (χ1v) is 12.2. The molecule has 2 N–H and O–H groups in total. The number of nitrogen functional groups attached to an aromatic ring is 1. The Kier molecular flexibility index (Phi) is 3.87. The Hall–Kier alpha value is -4.76. The van der Waals surface area contributed by atoms with Crippen LogP contribution < -0.4 is 5.73 Å². The first-order valence-electron chi connectivity index (χ1n) is 12.2. The third-order valence-electron chi connectivity index (χ3n) is 7.42. The molecule has 0 aliphatic heterocycles. The third-order valence-corrected chi connectivity index (χ3v) is 7.42. The number of furan rings is 2. The minimum atomic E-state index is 0.748. The molecule has 8 rings (SSSR count). The molecule has 0 atom stereocenters. The van der Waals surface area contributed by atoms with Crippen LogP contribution >= 0.6 is 0 Å². The third kappa shape index (κ3) is 2.68. The number of nitrogens with two attached hydrogens (primary N) is 1. The van der Waals surface area contributed by atoms with Gasteiger partial charge in [0.25, 0.3) is 0 Å². The number of hydrogen-bond acceptors (Lipinski definition) is 3. The monoisotopic (exact) mass is 463 g/mol. The van der Waals surface area contributed by atoms with Crippen molar-refractivity contribution < 1.29 is 8.83 Å². The van der Waals surface area contributed by atoms with Gasteiger partial charge in [0.2, 0.25) is 0 Å². The molecule has 0 unspecified atom stereocenters. The van der Waals surface area contributed by atoms with Crippen LogP contribution in [0.15, 0.2) is 112 Å². The Bertz CT molecular complexity index is 2150. The van der Waals surface area contributed by atoms with Crippen molar-refractivity contribution >= 4 is 71.1 Å². The molecule has 36 heavy (non-hydrogen) atoms. The van der Waals surface area contributed by atoms with Crippen molar-refractivity contribution in [2.45, 2.75) is 6.42 Å². The quantitative estimate of drug-likeness (QED) is 0.260. The minimum Gasteiger partial charge on any atom is -0.456 e. The van der Waals surface area contributed by atoms with Crippen LogP contribution in [0.4, 0.5) is 5.69 Å². The second kappa shape index (κ2) is 7.12. The molecule has 8 aromatic rings. The fraction of sp³-hybridized carbons (Fsp3) is 0.0303. The summed E-state index contributed by atoms with van der Waals surface area (Å²) < 4.78 is 12.7. The van der Waals surface area contributed by atoms with Crippen LogP contribution in [0.1, 0.15) is 11.1 Å². The fourth-order valence-corrected chi connectivity index (χ4v) is 5.79. The van der Waals surface area contributed by atoms with E-state index in [1.54, 1.807) is 0 Å². The standard InChI is InChI=1S/C33H21NO2/c34-27-18-21-7-2-4-10-24(21)33-31(27)25-11-5-8-22(32(25)36-33)16-19-12-14-28-26(17-19)30-23-9-3-1-6-20(23)13-15-29(30)35-28/h1-15,17-18H,16,34H2. The zero-order valence-corrected chi connectivity index (χ0v) is 19.4. The smallest absolute Gasteiger partial charge is 0.145 e. The van der Waals surface area contributed by atoms with E-state index in [9.17, 15) is 0 Å². The van der Waals surface area contributed by atoms with E-state index in [1.807, 2.05) is 18.2 Å². The highest BCUT2D eigenvalue weighted by Crippen LogP contribution is 2.40. The predicted molar refractivity (Wildman–Crippen MR) is 150 cm³/mol. The molecule has 6 aromatic carbocycles. The van der Waals surface area contributed by atoms with Gasteiger partial charge in [-0.3, -0.25) is 0 Å².